The Kier molecular flexibility index (Phi) is 6.67. The summed E-state index contributed by atoms with van der Waals surface area (Å²) in [6.45, 7) is 0. The predicted molar refractivity (Wildman–Crippen MR) is 117 cm³/mol. The van der Waals surface area contributed by atoms with Crippen molar-refractivity contribution in [3.05, 3.63) is 85.2 Å². The average Bonchev–Trinajstić information content (AvgIpc) is 3.38. The molecule has 0 radical (unpaired) electrons. The zero-order valence-electron chi connectivity index (χ0n) is 14.9. The van der Waals surface area contributed by atoms with E-state index in [9.17, 15) is 19.7 Å². The lowest BCUT2D eigenvalue weighted by atomic mass is 10.2. The first kappa shape index (κ1) is 20.2. The van der Waals surface area contributed by atoms with E-state index in [0.717, 1.165) is 9.75 Å². The van der Waals surface area contributed by atoms with Gasteiger partial charge >= 0.3 is 0 Å². The number of hydrogen-bond acceptors (Lipinski definition) is 6. The molecule has 0 saturated carbocycles. The Hall–Kier alpha value is -3.56. The first-order chi connectivity index (χ1) is 14.0. The van der Waals surface area contributed by atoms with Crippen LogP contribution in [0.4, 0.5) is 17.1 Å². The minimum absolute atomic E-state index is 0.00383. The number of benzene rings is 1. The molecule has 7 nitrogen and oxygen atoms in total. The third kappa shape index (κ3) is 5.96. The molecule has 29 heavy (non-hydrogen) atoms. The van der Waals surface area contributed by atoms with E-state index in [0.29, 0.717) is 5.69 Å². The molecular weight excluding hydrogens is 410 g/mol. The van der Waals surface area contributed by atoms with E-state index in [1.807, 2.05) is 35.0 Å². The molecule has 1 aromatic carbocycles. The van der Waals surface area contributed by atoms with Gasteiger partial charge in [-0.25, -0.2) is 0 Å². The second-order valence-electron chi connectivity index (χ2n) is 5.67. The average molecular weight is 425 g/mol. The van der Waals surface area contributed by atoms with Crippen molar-refractivity contribution in [1.82, 2.24) is 0 Å². The number of amides is 2. The van der Waals surface area contributed by atoms with Gasteiger partial charge in [-0.3, -0.25) is 19.7 Å². The first-order valence-corrected chi connectivity index (χ1v) is 10.1. The Labute approximate surface area is 174 Å². The van der Waals surface area contributed by atoms with Crippen LogP contribution in [0, 0.1) is 10.1 Å². The van der Waals surface area contributed by atoms with Crippen LogP contribution in [0.1, 0.15) is 9.75 Å². The lowest BCUT2D eigenvalue weighted by Crippen LogP contribution is -2.12. The first-order valence-electron chi connectivity index (χ1n) is 8.35. The Morgan fingerprint density at radius 3 is 2.00 bits per heavy atom. The van der Waals surface area contributed by atoms with E-state index in [1.165, 1.54) is 53.0 Å². The van der Waals surface area contributed by atoms with E-state index in [4.69, 9.17) is 0 Å². The number of nitrogens with zero attached hydrogens (tertiary/aromatic N) is 1. The lowest BCUT2D eigenvalue weighted by molar-refractivity contribution is -0.383. The quantitative estimate of drug-likeness (QED) is 0.315. The standard InChI is InChI=1S/C20H15N3O4S2/c24-19(9-6-15-3-1-11-28-15)21-14-5-8-18(23(26)27)17(13-14)22-20(25)10-7-16-4-2-12-29-16/h1-13H,(H,21,24)(H,22,25)/b9-6-,10-7+. The van der Waals surface area contributed by atoms with Crippen molar-refractivity contribution < 1.29 is 14.5 Å². The van der Waals surface area contributed by atoms with Crippen molar-refractivity contribution in [2.45, 2.75) is 0 Å². The van der Waals surface area contributed by atoms with Crippen LogP contribution in [0.25, 0.3) is 12.2 Å². The van der Waals surface area contributed by atoms with Crippen LogP contribution in [0.3, 0.4) is 0 Å². The molecule has 9 heteroatoms. The van der Waals surface area contributed by atoms with Gasteiger partial charge in [0.1, 0.15) is 5.69 Å². The van der Waals surface area contributed by atoms with Gasteiger partial charge in [-0.05, 0) is 47.2 Å². The Bertz CT molecular complexity index is 1070. The molecule has 0 fully saturated rings. The topological polar surface area (TPSA) is 101 Å². The summed E-state index contributed by atoms with van der Waals surface area (Å²) in [6.07, 6.45) is 5.95. The molecule has 0 aliphatic carbocycles. The molecule has 0 saturated heterocycles. The van der Waals surface area contributed by atoms with E-state index < -0.39 is 10.8 Å². The van der Waals surface area contributed by atoms with Crippen LogP contribution in [-0.4, -0.2) is 16.7 Å². The van der Waals surface area contributed by atoms with Gasteiger partial charge in [-0.2, -0.15) is 0 Å². The number of nitrogens with one attached hydrogen (secondary N) is 2. The number of rotatable bonds is 7. The number of hydrogen-bond donors (Lipinski definition) is 2. The number of nitro groups is 1. The highest BCUT2D eigenvalue weighted by Crippen LogP contribution is 2.28. The van der Waals surface area contributed by atoms with E-state index in [2.05, 4.69) is 10.6 Å². The summed E-state index contributed by atoms with van der Waals surface area (Å²) in [5, 5.41) is 20.1. The highest BCUT2D eigenvalue weighted by molar-refractivity contribution is 7.11. The van der Waals surface area contributed by atoms with Crippen molar-refractivity contribution >= 4 is 63.7 Å². The van der Waals surface area contributed by atoms with E-state index in [-0.39, 0.29) is 17.3 Å². The summed E-state index contributed by atoms with van der Waals surface area (Å²) < 4.78 is 0. The summed E-state index contributed by atoms with van der Waals surface area (Å²) in [6, 6.07) is 11.4. The fourth-order valence-corrected chi connectivity index (χ4v) is 3.56. The van der Waals surface area contributed by atoms with Crippen LogP contribution >= 0.6 is 22.7 Å². The molecule has 2 aromatic heterocycles. The summed E-state index contributed by atoms with van der Waals surface area (Å²) >= 11 is 2.96. The third-order valence-electron chi connectivity index (χ3n) is 3.60. The van der Waals surface area contributed by atoms with E-state index >= 15 is 0 Å². The van der Waals surface area contributed by atoms with Crippen LogP contribution in [0.5, 0.6) is 0 Å². The van der Waals surface area contributed by atoms with Gasteiger partial charge < -0.3 is 10.6 Å². The summed E-state index contributed by atoms with van der Waals surface area (Å²) in [5.74, 6) is -0.898. The van der Waals surface area contributed by atoms with Crippen molar-refractivity contribution in [2.24, 2.45) is 0 Å². The molecule has 0 bridgehead atoms. The largest absolute Gasteiger partial charge is 0.322 e. The Morgan fingerprint density at radius 1 is 0.897 bits per heavy atom. The second kappa shape index (κ2) is 9.58. The van der Waals surface area contributed by atoms with Gasteiger partial charge in [-0.1, -0.05) is 12.1 Å². The van der Waals surface area contributed by atoms with Crippen molar-refractivity contribution in [3.8, 4) is 0 Å². The van der Waals surface area contributed by atoms with Crippen LogP contribution in [-0.2, 0) is 9.59 Å². The number of nitro benzene ring substituents is 1. The molecular formula is C20H15N3O4S2. The highest BCUT2D eigenvalue weighted by atomic mass is 32.1. The fourth-order valence-electron chi connectivity index (χ4n) is 2.32. The number of carbonyl (C=O) groups excluding carboxylic acids is 2. The lowest BCUT2D eigenvalue weighted by Gasteiger charge is -2.07. The molecule has 146 valence electrons. The maximum Gasteiger partial charge on any atom is 0.292 e. The maximum atomic E-state index is 12.1. The van der Waals surface area contributed by atoms with Crippen LogP contribution < -0.4 is 10.6 Å². The monoisotopic (exact) mass is 425 g/mol. The smallest absolute Gasteiger partial charge is 0.292 e. The van der Waals surface area contributed by atoms with Gasteiger partial charge in [0, 0.05) is 33.7 Å². The zero-order valence-corrected chi connectivity index (χ0v) is 16.5. The number of carbonyl (C=O) groups is 2. The van der Waals surface area contributed by atoms with Crippen molar-refractivity contribution in [3.63, 3.8) is 0 Å². The molecule has 0 aliphatic heterocycles. The van der Waals surface area contributed by atoms with Gasteiger partial charge in [0.15, 0.2) is 0 Å². The molecule has 3 rings (SSSR count). The van der Waals surface area contributed by atoms with Gasteiger partial charge in [0.2, 0.25) is 11.8 Å². The van der Waals surface area contributed by atoms with Gasteiger partial charge in [0.05, 0.1) is 4.92 Å². The molecule has 0 spiro atoms. The Morgan fingerprint density at radius 2 is 1.48 bits per heavy atom. The fraction of sp³-hybridized carbons (Fsp3) is 0. The zero-order chi connectivity index (χ0) is 20.6. The SMILES string of the molecule is O=C(/C=C\c1cccs1)Nc1ccc([N+](=O)[O-])c(NC(=O)/C=C/c2cccs2)c1. The molecule has 0 atom stereocenters. The molecule has 0 unspecified atom stereocenters. The van der Waals surface area contributed by atoms with Crippen molar-refractivity contribution in [2.75, 3.05) is 10.6 Å². The maximum absolute atomic E-state index is 12.1. The Balaban J connectivity index is 1.72. The minimum Gasteiger partial charge on any atom is -0.322 e. The number of thiophene rings is 2. The third-order valence-corrected chi connectivity index (χ3v) is 5.28. The second-order valence-corrected chi connectivity index (χ2v) is 7.62. The van der Waals surface area contributed by atoms with Gasteiger partial charge in [0.25, 0.3) is 5.69 Å². The normalized spacial score (nSPS) is 11.0. The summed E-state index contributed by atoms with van der Waals surface area (Å²) in [4.78, 5) is 36.7. The molecule has 3 aromatic rings. The summed E-state index contributed by atoms with van der Waals surface area (Å²) in [5.41, 5.74) is 0.0554. The van der Waals surface area contributed by atoms with E-state index in [1.54, 1.807) is 12.2 Å². The summed E-state index contributed by atoms with van der Waals surface area (Å²) in [7, 11) is 0. The molecule has 0 aliphatic rings. The van der Waals surface area contributed by atoms with Crippen LogP contribution in [0.15, 0.2) is 65.4 Å². The molecule has 2 N–H and O–H groups in total. The van der Waals surface area contributed by atoms with Crippen LogP contribution in [0.2, 0.25) is 0 Å². The van der Waals surface area contributed by atoms with Crippen molar-refractivity contribution in [1.29, 1.82) is 0 Å². The predicted octanol–water partition coefficient (Wildman–Crippen LogP) is 5.02. The molecule has 2 amide bonds. The molecule has 2 heterocycles. The minimum atomic E-state index is -0.596. The van der Waals surface area contributed by atoms with Gasteiger partial charge in [-0.15, -0.1) is 22.7 Å². The number of anilines is 2. The highest BCUT2D eigenvalue weighted by Gasteiger charge is 2.16.